The maximum atomic E-state index is 12.6. The van der Waals surface area contributed by atoms with Gasteiger partial charge in [0.15, 0.2) is 15.8 Å². The van der Waals surface area contributed by atoms with E-state index in [2.05, 4.69) is 22.5 Å². The number of sulfone groups is 1. The first-order valence-corrected chi connectivity index (χ1v) is 11.6. The number of aliphatic imine (C=N–C) groups is 1. The maximum Gasteiger partial charge on any atom is 0.191 e. The molecule has 0 aromatic heterocycles. The van der Waals surface area contributed by atoms with Crippen LogP contribution in [0.1, 0.15) is 46.5 Å². The second-order valence-corrected chi connectivity index (χ2v) is 8.46. The third kappa shape index (κ3) is 9.77. The van der Waals surface area contributed by atoms with Gasteiger partial charge in [0.25, 0.3) is 0 Å². The zero-order chi connectivity index (χ0) is 20.0. The fourth-order valence-corrected chi connectivity index (χ4v) is 4.08. The van der Waals surface area contributed by atoms with Gasteiger partial charge in [0, 0.05) is 32.3 Å². The molecule has 0 radical (unpaired) electrons. The summed E-state index contributed by atoms with van der Waals surface area (Å²) in [4.78, 5) is 4.90. The Balaban J connectivity index is 2.58. The maximum absolute atomic E-state index is 12.6. The summed E-state index contributed by atoms with van der Waals surface area (Å²) in [5.41, 5.74) is 0. The van der Waals surface area contributed by atoms with Crippen LogP contribution >= 0.6 is 0 Å². The van der Waals surface area contributed by atoms with Crippen LogP contribution in [0, 0.1) is 0 Å². The van der Waals surface area contributed by atoms with Gasteiger partial charge in [-0.3, -0.25) is 4.99 Å². The number of benzene rings is 1. The van der Waals surface area contributed by atoms with E-state index in [0.717, 1.165) is 32.4 Å². The minimum atomic E-state index is -3.34. The van der Waals surface area contributed by atoms with Crippen LogP contribution in [-0.2, 0) is 14.6 Å². The van der Waals surface area contributed by atoms with Crippen molar-refractivity contribution in [2.75, 3.05) is 32.1 Å². The predicted molar refractivity (Wildman–Crippen MR) is 112 cm³/mol. The van der Waals surface area contributed by atoms with Crippen LogP contribution in [0.5, 0.6) is 0 Å². The first-order valence-electron chi connectivity index (χ1n) is 9.93. The SMILES string of the molecule is CCCCOCCCN=C(NCC)NC(CC)CS(=O)(=O)c1ccccc1. The predicted octanol–water partition coefficient (Wildman–Crippen LogP) is 3.00. The van der Waals surface area contributed by atoms with E-state index in [-0.39, 0.29) is 11.8 Å². The lowest BCUT2D eigenvalue weighted by molar-refractivity contribution is 0.130. The Morgan fingerprint density at radius 3 is 2.44 bits per heavy atom. The third-order valence-corrected chi connectivity index (χ3v) is 5.89. The van der Waals surface area contributed by atoms with Crippen molar-refractivity contribution < 1.29 is 13.2 Å². The lowest BCUT2D eigenvalue weighted by Crippen LogP contribution is -2.46. The Morgan fingerprint density at radius 2 is 1.81 bits per heavy atom. The van der Waals surface area contributed by atoms with Crippen LogP contribution in [0.4, 0.5) is 0 Å². The average molecular weight is 398 g/mol. The van der Waals surface area contributed by atoms with E-state index in [1.807, 2.05) is 19.9 Å². The average Bonchev–Trinajstić information content (AvgIpc) is 2.67. The summed E-state index contributed by atoms with van der Waals surface area (Å²) in [6.45, 7) is 8.97. The normalized spacial score (nSPS) is 13.4. The van der Waals surface area contributed by atoms with Crippen molar-refractivity contribution in [1.29, 1.82) is 0 Å². The summed E-state index contributed by atoms with van der Waals surface area (Å²) < 4.78 is 30.8. The van der Waals surface area contributed by atoms with Crippen LogP contribution in [0.2, 0.25) is 0 Å². The first kappa shape index (κ1) is 23.4. The molecular formula is C20H35N3O3S. The molecule has 27 heavy (non-hydrogen) atoms. The quantitative estimate of drug-likeness (QED) is 0.304. The van der Waals surface area contributed by atoms with E-state index < -0.39 is 9.84 Å². The van der Waals surface area contributed by atoms with Gasteiger partial charge in [0.1, 0.15) is 0 Å². The molecule has 1 unspecified atom stereocenters. The molecule has 1 aromatic rings. The molecule has 1 aromatic carbocycles. The van der Waals surface area contributed by atoms with Crippen molar-refractivity contribution in [2.24, 2.45) is 4.99 Å². The van der Waals surface area contributed by atoms with Gasteiger partial charge < -0.3 is 15.4 Å². The molecule has 0 fully saturated rings. The number of hydrogen-bond donors (Lipinski definition) is 2. The molecule has 0 aliphatic heterocycles. The molecule has 1 rings (SSSR count). The molecule has 7 heteroatoms. The molecule has 0 bridgehead atoms. The number of hydrogen-bond acceptors (Lipinski definition) is 4. The minimum absolute atomic E-state index is 0.0397. The van der Waals surface area contributed by atoms with E-state index >= 15 is 0 Å². The van der Waals surface area contributed by atoms with Crippen LogP contribution in [-0.4, -0.2) is 52.5 Å². The zero-order valence-corrected chi connectivity index (χ0v) is 17.7. The molecule has 0 aliphatic rings. The second kappa shape index (κ2) is 13.6. The topological polar surface area (TPSA) is 79.8 Å². The molecule has 0 heterocycles. The molecule has 0 spiro atoms. The Bertz CT molecular complexity index is 633. The van der Waals surface area contributed by atoms with Gasteiger partial charge in [0.05, 0.1) is 10.6 Å². The summed E-state index contributed by atoms with van der Waals surface area (Å²) >= 11 is 0. The molecular weight excluding hydrogens is 362 g/mol. The van der Waals surface area contributed by atoms with Crippen molar-refractivity contribution in [3.63, 3.8) is 0 Å². The number of guanidine groups is 1. The minimum Gasteiger partial charge on any atom is -0.381 e. The van der Waals surface area contributed by atoms with Gasteiger partial charge in [-0.1, -0.05) is 38.5 Å². The number of unbranched alkanes of at least 4 members (excludes halogenated alkanes) is 1. The Kier molecular flexibility index (Phi) is 11.8. The molecule has 0 saturated heterocycles. The molecule has 0 amide bonds. The standard InChI is InChI=1S/C20H35N3O3S/c1-4-7-15-26-16-11-14-22-20(21-6-3)23-18(5-2)17-27(24,25)19-12-9-8-10-13-19/h8-10,12-13,18H,4-7,11,14-17H2,1-3H3,(H2,21,22,23). The van der Waals surface area contributed by atoms with E-state index in [1.54, 1.807) is 24.3 Å². The lowest BCUT2D eigenvalue weighted by Gasteiger charge is -2.20. The molecule has 0 saturated carbocycles. The van der Waals surface area contributed by atoms with Gasteiger partial charge in [-0.25, -0.2) is 8.42 Å². The first-order chi connectivity index (χ1) is 13.0. The summed E-state index contributed by atoms with van der Waals surface area (Å²) in [6, 6.07) is 8.38. The van der Waals surface area contributed by atoms with Crippen molar-refractivity contribution >= 4 is 15.8 Å². The summed E-state index contributed by atoms with van der Waals surface area (Å²) in [5, 5.41) is 6.45. The van der Waals surface area contributed by atoms with Gasteiger partial charge in [-0.2, -0.15) is 0 Å². The molecule has 2 N–H and O–H groups in total. The highest BCUT2D eigenvalue weighted by Crippen LogP contribution is 2.12. The summed E-state index contributed by atoms with van der Waals surface area (Å²) in [6.07, 6.45) is 3.76. The van der Waals surface area contributed by atoms with Crippen LogP contribution in [0.25, 0.3) is 0 Å². The highest BCUT2D eigenvalue weighted by molar-refractivity contribution is 7.91. The summed E-state index contributed by atoms with van der Waals surface area (Å²) in [7, 11) is -3.34. The van der Waals surface area contributed by atoms with Crippen molar-refractivity contribution in [2.45, 2.75) is 57.4 Å². The highest BCUT2D eigenvalue weighted by atomic mass is 32.2. The number of nitrogens with zero attached hydrogens (tertiary/aromatic N) is 1. The van der Waals surface area contributed by atoms with E-state index in [1.165, 1.54) is 0 Å². The van der Waals surface area contributed by atoms with Crippen LogP contribution in [0.3, 0.4) is 0 Å². The monoisotopic (exact) mass is 397 g/mol. The molecule has 1 atom stereocenters. The number of nitrogens with one attached hydrogen (secondary N) is 2. The largest absolute Gasteiger partial charge is 0.381 e. The second-order valence-electron chi connectivity index (χ2n) is 6.42. The number of rotatable bonds is 13. The molecule has 154 valence electrons. The van der Waals surface area contributed by atoms with E-state index in [4.69, 9.17) is 4.74 Å². The van der Waals surface area contributed by atoms with Crippen molar-refractivity contribution in [1.82, 2.24) is 10.6 Å². The molecule has 0 aliphatic carbocycles. The van der Waals surface area contributed by atoms with Crippen molar-refractivity contribution in [3.8, 4) is 0 Å². The lowest BCUT2D eigenvalue weighted by atomic mass is 10.3. The number of ether oxygens (including phenoxy) is 1. The van der Waals surface area contributed by atoms with Gasteiger partial charge in [-0.05, 0) is 38.3 Å². The Hall–Kier alpha value is -1.60. The molecule has 6 nitrogen and oxygen atoms in total. The third-order valence-electron chi connectivity index (χ3n) is 4.06. The van der Waals surface area contributed by atoms with Gasteiger partial charge in [0.2, 0.25) is 0 Å². The zero-order valence-electron chi connectivity index (χ0n) is 16.9. The van der Waals surface area contributed by atoms with Gasteiger partial charge >= 0.3 is 0 Å². The Morgan fingerprint density at radius 1 is 1.11 bits per heavy atom. The Labute approximate surface area is 164 Å². The fraction of sp³-hybridized carbons (Fsp3) is 0.650. The van der Waals surface area contributed by atoms with E-state index in [0.29, 0.717) is 30.4 Å². The fourth-order valence-electron chi connectivity index (χ4n) is 2.47. The van der Waals surface area contributed by atoms with Crippen molar-refractivity contribution in [3.05, 3.63) is 30.3 Å². The smallest absolute Gasteiger partial charge is 0.191 e. The van der Waals surface area contributed by atoms with Crippen LogP contribution < -0.4 is 10.6 Å². The van der Waals surface area contributed by atoms with E-state index in [9.17, 15) is 8.42 Å². The van der Waals surface area contributed by atoms with Crippen LogP contribution in [0.15, 0.2) is 40.2 Å². The van der Waals surface area contributed by atoms with Gasteiger partial charge in [-0.15, -0.1) is 0 Å². The highest BCUT2D eigenvalue weighted by Gasteiger charge is 2.20. The summed E-state index contributed by atoms with van der Waals surface area (Å²) in [5.74, 6) is 0.694.